The van der Waals surface area contributed by atoms with Gasteiger partial charge in [0.15, 0.2) is 0 Å². The highest BCUT2D eigenvalue weighted by Gasteiger charge is 2.10. The third kappa shape index (κ3) is 7.70. The molecular weight excluding hydrogens is 156 g/mol. The Morgan fingerprint density at radius 3 is 1.36 bits per heavy atom. The Balaban J connectivity index is 0. The van der Waals surface area contributed by atoms with Gasteiger partial charge in [-0.1, -0.05) is 12.6 Å². The molecule has 0 heterocycles. The highest BCUT2D eigenvalue weighted by Crippen LogP contribution is 1.97. The van der Waals surface area contributed by atoms with Gasteiger partial charge in [0, 0.05) is 0 Å². The predicted molar refractivity (Wildman–Crippen MR) is 52.4 cm³/mol. The van der Waals surface area contributed by atoms with E-state index in [1.807, 2.05) is 0 Å². The fraction of sp³-hybridized carbons (Fsp3) is 0.875. The number of quaternary nitrogens is 1. The van der Waals surface area contributed by atoms with Crippen LogP contribution in [-0.2, 0) is 0 Å². The van der Waals surface area contributed by atoms with Crippen molar-refractivity contribution >= 4 is 12.6 Å². The molecule has 0 aromatic heterocycles. The monoisotopic (exact) mass is 175 g/mol. The minimum Gasteiger partial charge on any atom is -0.327 e. The molecule has 0 saturated heterocycles. The summed E-state index contributed by atoms with van der Waals surface area (Å²) < 4.78 is 1.21. The molecule has 11 heavy (non-hydrogen) atoms. The second-order valence-corrected chi connectivity index (χ2v) is 2.87. The van der Waals surface area contributed by atoms with Crippen molar-refractivity contribution in [2.75, 3.05) is 26.7 Å². The third-order valence-electron chi connectivity index (χ3n) is 2.29. The molecule has 0 aliphatic carbocycles. The van der Waals surface area contributed by atoms with Crippen LogP contribution in [0.3, 0.4) is 0 Å². The molecule has 0 aliphatic heterocycles. The molecule has 0 aliphatic rings. The average Bonchev–Trinajstić information content (AvgIpc) is 2.05. The van der Waals surface area contributed by atoms with E-state index in [1.165, 1.54) is 29.5 Å². The number of nitriles is 1. The summed E-state index contributed by atoms with van der Waals surface area (Å²) in [4.78, 5) is 0. The van der Waals surface area contributed by atoms with Crippen LogP contribution in [0.25, 0.3) is 0 Å². The molecule has 0 unspecified atom stereocenters. The molecule has 66 valence electrons. The molecule has 0 rings (SSSR count). The van der Waals surface area contributed by atoms with E-state index in [9.17, 15) is 0 Å². The summed E-state index contributed by atoms with van der Waals surface area (Å²) in [5.41, 5.74) is 0. The number of rotatable bonds is 3. The molecule has 0 fully saturated rings. The Kier molecular flexibility index (Phi) is 9.62. The Hall–Kier alpha value is -0.200. The van der Waals surface area contributed by atoms with E-state index in [1.54, 1.807) is 0 Å². The van der Waals surface area contributed by atoms with Crippen LogP contribution in [0.2, 0.25) is 0 Å². The quantitative estimate of drug-likeness (QED) is 0.395. The van der Waals surface area contributed by atoms with Crippen LogP contribution in [0.5, 0.6) is 0 Å². The lowest BCUT2D eigenvalue weighted by molar-refractivity contribution is -0.904. The summed E-state index contributed by atoms with van der Waals surface area (Å²) in [6.07, 6.45) is 0. The first-order valence-corrected chi connectivity index (χ1v) is 4.41. The topological polar surface area (TPSA) is 23.8 Å². The first kappa shape index (κ1) is 13.4. The van der Waals surface area contributed by atoms with E-state index in [4.69, 9.17) is 5.26 Å². The Morgan fingerprint density at radius 1 is 1.18 bits per heavy atom. The summed E-state index contributed by atoms with van der Waals surface area (Å²) in [5.74, 6) is 0. The first-order valence-electron chi connectivity index (χ1n) is 3.96. The number of thiocyanates is 1. The fourth-order valence-electron chi connectivity index (χ4n) is 0.671. The van der Waals surface area contributed by atoms with Gasteiger partial charge in [-0.05, 0) is 20.8 Å². The van der Waals surface area contributed by atoms with Crippen LogP contribution in [0.15, 0.2) is 0 Å². The number of nitrogens with zero attached hydrogens (tertiary/aromatic N) is 2. The highest BCUT2D eigenvalue weighted by atomic mass is 32.1. The molecule has 0 aromatic rings. The summed E-state index contributed by atoms with van der Waals surface area (Å²) >= 11 is 3.09. The van der Waals surface area contributed by atoms with Crippen LogP contribution in [0.1, 0.15) is 20.8 Å². The maximum absolute atomic E-state index is 7.18. The van der Waals surface area contributed by atoms with Crippen molar-refractivity contribution in [1.82, 2.24) is 0 Å². The summed E-state index contributed by atoms with van der Waals surface area (Å²) in [5, 5.41) is 8.63. The maximum atomic E-state index is 7.18. The van der Waals surface area contributed by atoms with E-state index in [0.29, 0.717) is 0 Å². The molecule has 0 bridgehead atoms. The molecule has 0 atom stereocenters. The standard InChI is InChI=1S/C7H18N.CHNS/c1-5-8(4,6-2)7-3;2-1-3/h5-7H2,1-4H3;3H/q+1;. The second kappa shape index (κ2) is 7.90. The van der Waals surface area contributed by atoms with Crippen molar-refractivity contribution in [1.29, 1.82) is 5.26 Å². The molecule has 0 aromatic carbocycles. The zero-order chi connectivity index (χ0) is 9.33. The van der Waals surface area contributed by atoms with Gasteiger partial charge in [-0.15, -0.1) is 0 Å². The second-order valence-electron chi connectivity index (χ2n) is 2.67. The van der Waals surface area contributed by atoms with E-state index >= 15 is 0 Å². The lowest BCUT2D eigenvalue weighted by atomic mass is 10.4. The average molecular weight is 175 g/mol. The van der Waals surface area contributed by atoms with Gasteiger partial charge in [0.05, 0.1) is 26.7 Å². The zero-order valence-electron chi connectivity index (χ0n) is 7.96. The molecule has 3 heteroatoms. The van der Waals surface area contributed by atoms with Gasteiger partial charge in [0.1, 0.15) is 5.40 Å². The Bertz CT molecular complexity index is 105. The minimum absolute atomic E-state index is 1.21. The Morgan fingerprint density at radius 2 is 1.36 bits per heavy atom. The number of thiol groups is 1. The van der Waals surface area contributed by atoms with Crippen molar-refractivity contribution in [3.8, 4) is 5.40 Å². The van der Waals surface area contributed by atoms with Crippen molar-refractivity contribution in [2.45, 2.75) is 20.8 Å². The van der Waals surface area contributed by atoms with Crippen LogP contribution in [0.4, 0.5) is 0 Å². The molecule has 0 N–H and O–H groups in total. The predicted octanol–water partition coefficient (Wildman–Crippen LogP) is 1.89. The molecule has 0 saturated carbocycles. The highest BCUT2D eigenvalue weighted by molar-refractivity contribution is 7.85. The summed E-state index contributed by atoms with van der Waals surface area (Å²) in [7, 11) is 2.29. The number of hydrogen-bond donors (Lipinski definition) is 1. The third-order valence-corrected chi connectivity index (χ3v) is 2.29. The van der Waals surface area contributed by atoms with Gasteiger partial charge < -0.3 is 4.48 Å². The van der Waals surface area contributed by atoms with Crippen LogP contribution >= 0.6 is 12.6 Å². The van der Waals surface area contributed by atoms with E-state index < -0.39 is 0 Å². The number of hydrogen-bond acceptors (Lipinski definition) is 2. The van der Waals surface area contributed by atoms with Gasteiger partial charge in [0.25, 0.3) is 0 Å². The van der Waals surface area contributed by atoms with Crippen LogP contribution < -0.4 is 0 Å². The Labute approximate surface area is 75.8 Å². The van der Waals surface area contributed by atoms with Crippen molar-refractivity contribution in [3.63, 3.8) is 0 Å². The molecule has 0 spiro atoms. The zero-order valence-corrected chi connectivity index (χ0v) is 8.86. The molecule has 0 amide bonds. The van der Waals surface area contributed by atoms with E-state index in [0.717, 1.165) is 0 Å². The van der Waals surface area contributed by atoms with Gasteiger partial charge in [0.2, 0.25) is 0 Å². The normalized spacial score (nSPS) is 9.45. The lowest BCUT2D eigenvalue weighted by Crippen LogP contribution is -2.42. The largest absolute Gasteiger partial charge is 0.327 e. The van der Waals surface area contributed by atoms with Crippen molar-refractivity contribution in [3.05, 3.63) is 0 Å². The SMILES string of the molecule is CC[N+](C)(CC)CC.N#CS. The molecule has 2 nitrogen and oxygen atoms in total. The molecular formula is C8H19N2S+. The van der Waals surface area contributed by atoms with Crippen LogP contribution in [0, 0.1) is 10.7 Å². The first-order chi connectivity index (χ1) is 5.10. The summed E-state index contributed by atoms with van der Waals surface area (Å²) in [6, 6.07) is 0. The van der Waals surface area contributed by atoms with Crippen LogP contribution in [-0.4, -0.2) is 31.2 Å². The van der Waals surface area contributed by atoms with E-state index in [2.05, 4.69) is 40.4 Å². The fourth-order valence-corrected chi connectivity index (χ4v) is 0.671. The molecule has 0 radical (unpaired) electrons. The van der Waals surface area contributed by atoms with Crippen molar-refractivity contribution in [2.24, 2.45) is 0 Å². The van der Waals surface area contributed by atoms with E-state index in [-0.39, 0.29) is 0 Å². The van der Waals surface area contributed by atoms with Crippen molar-refractivity contribution < 1.29 is 4.48 Å². The summed E-state index contributed by atoms with van der Waals surface area (Å²) in [6.45, 7) is 10.5. The minimum atomic E-state index is 1.21. The van der Waals surface area contributed by atoms with Gasteiger partial charge in [-0.25, -0.2) is 0 Å². The van der Waals surface area contributed by atoms with Gasteiger partial charge >= 0.3 is 0 Å². The van der Waals surface area contributed by atoms with Gasteiger partial charge in [-0.2, -0.15) is 5.26 Å². The smallest absolute Gasteiger partial charge is 0.130 e. The maximum Gasteiger partial charge on any atom is 0.130 e. The lowest BCUT2D eigenvalue weighted by Gasteiger charge is -2.30. The van der Waals surface area contributed by atoms with Gasteiger partial charge in [-0.3, -0.25) is 0 Å².